The Kier molecular flexibility index (Phi) is 3.48. The molecule has 112 valence electrons. The van der Waals surface area contributed by atoms with E-state index in [0.717, 1.165) is 16.7 Å². The third kappa shape index (κ3) is 2.20. The van der Waals surface area contributed by atoms with E-state index in [1.807, 2.05) is 18.2 Å². The molecule has 0 saturated carbocycles. The van der Waals surface area contributed by atoms with Gasteiger partial charge in [-0.1, -0.05) is 6.58 Å². The van der Waals surface area contributed by atoms with Gasteiger partial charge in [0.15, 0.2) is 5.75 Å². The predicted molar refractivity (Wildman–Crippen MR) is 86.4 cm³/mol. The van der Waals surface area contributed by atoms with E-state index in [1.54, 1.807) is 19.3 Å². The lowest BCUT2D eigenvalue weighted by atomic mass is 9.83. The number of nitrogens with zero attached hydrogens (tertiary/aromatic N) is 2. The molecule has 3 rings (SSSR count). The Bertz CT molecular complexity index is 776. The first-order valence-electron chi connectivity index (χ1n) is 6.67. The molecular weight excluding hydrogens is 346 g/mol. The zero-order chi connectivity index (χ0) is 15.9. The van der Waals surface area contributed by atoms with E-state index in [9.17, 15) is 4.79 Å². The topological polar surface area (TPSA) is 78.1 Å². The normalized spacial score (nSPS) is 19.4. The molecule has 0 aromatic carbocycles. The van der Waals surface area contributed by atoms with Crippen LogP contribution in [0.25, 0.3) is 5.57 Å². The van der Waals surface area contributed by atoms with Crippen LogP contribution in [-0.2, 0) is 10.2 Å². The smallest absolute Gasteiger partial charge is 0.231 e. The average Bonchev–Trinajstić information content (AvgIpc) is 2.87. The molecule has 0 saturated heterocycles. The van der Waals surface area contributed by atoms with E-state index in [0.29, 0.717) is 16.0 Å². The van der Waals surface area contributed by atoms with Crippen molar-refractivity contribution in [3.63, 3.8) is 0 Å². The highest BCUT2D eigenvalue weighted by molar-refractivity contribution is 9.10. The summed E-state index contributed by atoms with van der Waals surface area (Å²) in [7, 11) is 0. The lowest BCUT2D eigenvalue weighted by Gasteiger charge is -2.18. The van der Waals surface area contributed by atoms with Crippen LogP contribution >= 0.6 is 15.9 Å². The summed E-state index contributed by atoms with van der Waals surface area (Å²) < 4.78 is 6.14. The molecule has 0 spiro atoms. The van der Waals surface area contributed by atoms with Crippen LogP contribution in [-0.4, -0.2) is 22.5 Å². The number of hydrogen-bond acceptors (Lipinski definition) is 4. The van der Waals surface area contributed by atoms with Gasteiger partial charge in [0.25, 0.3) is 0 Å². The maximum Gasteiger partial charge on any atom is 0.231 e. The highest BCUT2D eigenvalue weighted by Crippen LogP contribution is 2.43. The van der Waals surface area contributed by atoms with Crippen LogP contribution in [0.5, 0.6) is 5.75 Å². The Balaban J connectivity index is 2.12. The molecule has 6 heteroatoms. The van der Waals surface area contributed by atoms with Crippen LogP contribution in [0.4, 0.5) is 0 Å². The molecule has 1 aliphatic rings. The molecule has 2 aromatic rings. The number of nitrogens with two attached hydrogens (primary N) is 1. The van der Waals surface area contributed by atoms with Crippen molar-refractivity contribution in [2.24, 2.45) is 5.73 Å². The van der Waals surface area contributed by atoms with Gasteiger partial charge in [0, 0.05) is 23.5 Å². The maximum absolute atomic E-state index is 11.8. The Hall–Kier alpha value is -2.21. The third-order valence-electron chi connectivity index (χ3n) is 3.91. The fourth-order valence-corrected chi connectivity index (χ4v) is 2.92. The number of carbonyl (C=O) groups is 1. The van der Waals surface area contributed by atoms with Crippen molar-refractivity contribution in [3.8, 4) is 5.75 Å². The van der Waals surface area contributed by atoms with Gasteiger partial charge >= 0.3 is 0 Å². The number of carbonyl (C=O) groups excluding carboxylic acids is 1. The largest absolute Gasteiger partial charge is 0.489 e. The number of pyridine rings is 2. The van der Waals surface area contributed by atoms with Crippen LogP contribution in [0.15, 0.2) is 41.8 Å². The number of aromatic nitrogens is 2. The molecule has 3 heterocycles. The summed E-state index contributed by atoms with van der Waals surface area (Å²) in [6, 6.07) is 5.53. The number of primary amides is 1. The van der Waals surface area contributed by atoms with Crippen molar-refractivity contribution in [1.29, 1.82) is 0 Å². The number of halogens is 1. The second-order valence-corrected chi connectivity index (χ2v) is 6.13. The first-order chi connectivity index (χ1) is 10.4. The predicted octanol–water partition coefficient (Wildman–Crippen LogP) is 2.44. The number of amides is 1. The Labute approximate surface area is 136 Å². The summed E-state index contributed by atoms with van der Waals surface area (Å²) in [6.45, 7) is 6.07. The lowest BCUT2D eigenvalue weighted by molar-refractivity contribution is -0.123. The minimum absolute atomic E-state index is 0.211. The molecule has 5 nitrogen and oxygen atoms in total. The van der Waals surface area contributed by atoms with Gasteiger partial charge in [0.2, 0.25) is 5.91 Å². The van der Waals surface area contributed by atoms with Gasteiger partial charge in [-0.25, -0.2) is 4.98 Å². The summed E-state index contributed by atoms with van der Waals surface area (Å²) in [4.78, 5) is 20.3. The minimum Gasteiger partial charge on any atom is -0.489 e. The summed E-state index contributed by atoms with van der Waals surface area (Å²) in [5.41, 5.74) is 7.72. The van der Waals surface area contributed by atoms with Crippen LogP contribution in [0.2, 0.25) is 0 Å². The molecular formula is C16H14BrN3O2. The number of fused-ring (bicyclic) bond motifs is 1. The fraction of sp³-hybridized carbons (Fsp3) is 0.188. The lowest BCUT2D eigenvalue weighted by Crippen LogP contribution is -2.39. The first-order valence-corrected chi connectivity index (χ1v) is 7.46. The Morgan fingerprint density at radius 3 is 2.77 bits per heavy atom. The van der Waals surface area contributed by atoms with Crippen molar-refractivity contribution in [3.05, 3.63) is 58.6 Å². The van der Waals surface area contributed by atoms with Crippen molar-refractivity contribution < 1.29 is 9.53 Å². The van der Waals surface area contributed by atoms with Crippen molar-refractivity contribution >= 4 is 27.4 Å². The molecule has 1 amide bonds. The maximum atomic E-state index is 11.8. The second kappa shape index (κ2) is 5.21. The molecule has 22 heavy (non-hydrogen) atoms. The number of rotatable bonds is 3. The SMILES string of the molecule is C=C(c1ccncc1)c1cc2c(c(Br)n1)OC[C@]2(C)C(N)=O. The standard InChI is InChI=1S/C16H14BrN3O2/c1-9(10-3-5-19-6-4-10)12-7-11-13(14(17)20-12)22-8-16(11,2)15(18)21/h3-7H,1,8H2,2H3,(H2,18,21)/t16-/m0/s1. The average molecular weight is 360 g/mol. The summed E-state index contributed by atoms with van der Waals surface area (Å²) >= 11 is 3.40. The van der Waals surface area contributed by atoms with Gasteiger partial charge in [0.05, 0.1) is 5.69 Å². The number of hydrogen-bond donors (Lipinski definition) is 1. The van der Waals surface area contributed by atoms with Crippen LogP contribution in [0, 0.1) is 0 Å². The van der Waals surface area contributed by atoms with E-state index in [-0.39, 0.29) is 6.61 Å². The van der Waals surface area contributed by atoms with Crippen LogP contribution in [0.3, 0.4) is 0 Å². The molecule has 0 unspecified atom stereocenters. The molecule has 1 atom stereocenters. The van der Waals surface area contributed by atoms with Crippen LogP contribution < -0.4 is 10.5 Å². The minimum atomic E-state index is -0.867. The van der Waals surface area contributed by atoms with E-state index < -0.39 is 11.3 Å². The molecule has 2 N–H and O–H groups in total. The highest BCUT2D eigenvalue weighted by atomic mass is 79.9. The zero-order valence-corrected chi connectivity index (χ0v) is 13.6. The van der Waals surface area contributed by atoms with Crippen molar-refractivity contribution in [2.75, 3.05) is 6.61 Å². The van der Waals surface area contributed by atoms with Gasteiger partial charge in [-0.15, -0.1) is 0 Å². The van der Waals surface area contributed by atoms with E-state index >= 15 is 0 Å². The second-order valence-electron chi connectivity index (χ2n) is 5.37. The van der Waals surface area contributed by atoms with Gasteiger partial charge in [-0.2, -0.15) is 0 Å². The third-order valence-corrected chi connectivity index (χ3v) is 4.45. The first kappa shape index (κ1) is 14.7. The molecule has 0 aliphatic carbocycles. The van der Waals surface area contributed by atoms with Gasteiger partial charge in [-0.3, -0.25) is 9.78 Å². The van der Waals surface area contributed by atoms with Gasteiger partial charge in [-0.05, 0) is 46.6 Å². The van der Waals surface area contributed by atoms with Gasteiger partial charge in [0.1, 0.15) is 16.6 Å². The summed E-state index contributed by atoms with van der Waals surface area (Å²) in [5, 5.41) is 0. The van der Waals surface area contributed by atoms with Crippen LogP contribution in [0.1, 0.15) is 23.7 Å². The quantitative estimate of drug-likeness (QED) is 0.853. The summed E-state index contributed by atoms with van der Waals surface area (Å²) in [5.74, 6) is 0.136. The van der Waals surface area contributed by atoms with E-state index in [1.165, 1.54) is 0 Å². The Morgan fingerprint density at radius 2 is 2.14 bits per heavy atom. The molecule has 2 aromatic heterocycles. The molecule has 1 aliphatic heterocycles. The Morgan fingerprint density at radius 1 is 1.45 bits per heavy atom. The highest BCUT2D eigenvalue weighted by Gasteiger charge is 2.43. The monoisotopic (exact) mass is 359 g/mol. The van der Waals surface area contributed by atoms with E-state index in [2.05, 4.69) is 32.5 Å². The van der Waals surface area contributed by atoms with Crippen molar-refractivity contribution in [2.45, 2.75) is 12.3 Å². The molecule has 0 radical (unpaired) electrons. The number of ether oxygens (including phenoxy) is 1. The summed E-state index contributed by atoms with van der Waals surface area (Å²) in [6.07, 6.45) is 3.39. The molecule has 0 bridgehead atoms. The van der Waals surface area contributed by atoms with E-state index in [4.69, 9.17) is 10.5 Å². The zero-order valence-electron chi connectivity index (χ0n) is 12.0. The fourth-order valence-electron chi connectivity index (χ4n) is 2.40. The molecule has 0 fully saturated rings. The van der Waals surface area contributed by atoms with Crippen molar-refractivity contribution in [1.82, 2.24) is 9.97 Å². The van der Waals surface area contributed by atoms with Gasteiger partial charge < -0.3 is 10.5 Å².